The topological polar surface area (TPSA) is 3.24 Å². The first-order valence-electron chi connectivity index (χ1n) is 11.9. The standard InChI is InChI=1S/C33H25NS/c1-24-31(26-15-5-2-6-16-26)32(27-17-7-3-8-18-27)33(35-24)34(28-20-9-4-10-21-28)30-23-13-19-25-14-11-12-22-29(25)30/h2-23H,1H3. The molecule has 6 rings (SSSR count). The first kappa shape index (κ1) is 21.4. The fourth-order valence-corrected chi connectivity index (χ4v) is 6.09. The molecule has 0 aliphatic carbocycles. The zero-order valence-corrected chi connectivity index (χ0v) is 20.4. The van der Waals surface area contributed by atoms with Crippen molar-refractivity contribution in [3.63, 3.8) is 0 Å². The molecular formula is C33H25NS. The maximum absolute atomic E-state index is 2.44. The lowest BCUT2D eigenvalue weighted by Crippen LogP contribution is -2.10. The van der Waals surface area contributed by atoms with Crippen LogP contribution in [-0.2, 0) is 0 Å². The van der Waals surface area contributed by atoms with Crippen LogP contribution in [0.15, 0.2) is 133 Å². The van der Waals surface area contributed by atoms with Crippen molar-refractivity contribution in [3.8, 4) is 22.3 Å². The van der Waals surface area contributed by atoms with Gasteiger partial charge in [-0.15, -0.1) is 11.3 Å². The van der Waals surface area contributed by atoms with Crippen LogP contribution in [0.3, 0.4) is 0 Å². The van der Waals surface area contributed by atoms with Gasteiger partial charge in [0.25, 0.3) is 0 Å². The average molecular weight is 468 g/mol. The molecule has 0 saturated heterocycles. The summed E-state index contributed by atoms with van der Waals surface area (Å²) in [4.78, 5) is 3.75. The van der Waals surface area contributed by atoms with Gasteiger partial charge in [-0.05, 0) is 41.6 Å². The molecule has 1 heterocycles. The molecule has 168 valence electrons. The second kappa shape index (κ2) is 9.25. The molecule has 1 nitrogen and oxygen atoms in total. The Bertz CT molecular complexity index is 1580. The Morgan fingerprint density at radius 3 is 1.74 bits per heavy atom. The summed E-state index contributed by atoms with van der Waals surface area (Å²) in [7, 11) is 0. The van der Waals surface area contributed by atoms with Gasteiger partial charge in [-0.25, -0.2) is 0 Å². The number of fused-ring (bicyclic) bond motifs is 1. The van der Waals surface area contributed by atoms with Crippen LogP contribution in [0.2, 0.25) is 0 Å². The second-order valence-corrected chi connectivity index (χ2v) is 9.82. The van der Waals surface area contributed by atoms with E-state index in [1.807, 2.05) is 11.3 Å². The van der Waals surface area contributed by atoms with E-state index in [0.29, 0.717) is 0 Å². The predicted octanol–water partition coefficient (Wildman–Crippen LogP) is 10.0. The Balaban J connectivity index is 1.70. The zero-order chi connectivity index (χ0) is 23.6. The van der Waals surface area contributed by atoms with Crippen molar-refractivity contribution in [2.45, 2.75) is 6.92 Å². The molecule has 0 bridgehead atoms. The fraction of sp³-hybridized carbons (Fsp3) is 0.0303. The van der Waals surface area contributed by atoms with Crippen molar-refractivity contribution in [1.82, 2.24) is 0 Å². The van der Waals surface area contributed by atoms with Gasteiger partial charge in [-0.1, -0.05) is 115 Å². The quantitative estimate of drug-likeness (QED) is 0.244. The molecule has 0 N–H and O–H groups in total. The molecule has 35 heavy (non-hydrogen) atoms. The summed E-state index contributed by atoms with van der Waals surface area (Å²) in [5, 5.41) is 3.71. The Hall–Kier alpha value is -4.14. The maximum Gasteiger partial charge on any atom is 0.109 e. The summed E-state index contributed by atoms with van der Waals surface area (Å²) >= 11 is 1.86. The summed E-state index contributed by atoms with van der Waals surface area (Å²) in [6.45, 7) is 2.25. The highest BCUT2D eigenvalue weighted by molar-refractivity contribution is 7.17. The molecule has 5 aromatic carbocycles. The molecule has 0 fully saturated rings. The lowest BCUT2D eigenvalue weighted by molar-refractivity contribution is 1.33. The van der Waals surface area contributed by atoms with Crippen LogP contribution in [0.25, 0.3) is 33.0 Å². The Labute approximate surface area is 210 Å². The zero-order valence-electron chi connectivity index (χ0n) is 19.6. The first-order valence-corrected chi connectivity index (χ1v) is 12.7. The first-order chi connectivity index (χ1) is 17.3. The number of hydrogen-bond donors (Lipinski definition) is 0. The minimum atomic E-state index is 1.15. The van der Waals surface area contributed by atoms with Crippen molar-refractivity contribution in [1.29, 1.82) is 0 Å². The van der Waals surface area contributed by atoms with Gasteiger partial charge in [0.2, 0.25) is 0 Å². The molecular weight excluding hydrogens is 442 g/mol. The van der Waals surface area contributed by atoms with Crippen molar-refractivity contribution >= 4 is 38.5 Å². The second-order valence-electron chi connectivity index (χ2n) is 8.61. The normalized spacial score (nSPS) is 11.0. The van der Waals surface area contributed by atoms with E-state index in [1.165, 1.54) is 48.6 Å². The van der Waals surface area contributed by atoms with Gasteiger partial charge in [0.1, 0.15) is 5.00 Å². The molecule has 0 aliphatic rings. The monoisotopic (exact) mass is 467 g/mol. The van der Waals surface area contributed by atoms with E-state index in [2.05, 4.69) is 145 Å². The van der Waals surface area contributed by atoms with E-state index in [1.54, 1.807) is 0 Å². The molecule has 0 aliphatic heterocycles. The molecule has 2 heteroatoms. The number of nitrogens with zero attached hydrogens (tertiary/aromatic N) is 1. The predicted molar refractivity (Wildman–Crippen MR) is 152 cm³/mol. The number of aryl methyl sites for hydroxylation is 1. The minimum absolute atomic E-state index is 1.15. The van der Waals surface area contributed by atoms with Gasteiger partial charge >= 0.3 is 0 Å². The maximum atomic E-state index is 2.44. The SMILES string of the molecule is Cc1sc(N(c2ccccc2)c2cccc3ccccc23)c(-c2ccccc2)c1-c1ccccc1. The number of hydrogen-bond acceptors (Lipinski definition) is 2. The van der Waals surface area contributed by atoms with E-state index in [0.717, 1.165) is 5.69 Å². The third kappa shape index (κ3) is 3.92. The Kier molecular flexibility index (Phi) is 5.65. The smallest absolute Gasteiger partial charge is 0.109 e. The minimum Gasteiger partial charge on any atom is -0.301 e. The lowest BCUT2D eigenvalue weighted by Gasteiger charge is -2.27. The molecule has 0 unspecified atom stereocenters. The number of para-hydroxylation sites is 1. The number of anilines is 3. The highest BCUT2D eigenvalue weighted by Crippen LogP contribution is 2.52. The van der Waals surface area contributed by atoms with Crippen LogP contribution >= 0.6 is 11.3 Å². The largest absolute Gasteiger partial charge is 0.301 e. The highest BCUT2D eigenvalue weighted by atomic mass is 32.1. The third-order valence-electron chi connectivity index (χ3n) is 6.42. The van der Waals surface area contributed by atoms with Crippen LogP contribution < -0.4 is 4.90 Å². The Morgan fingerprint density at radius 2 is 1.06 bits per heavy atom. The van der Waals surface area contributed by atoms with E-state index in [4.69, 9.17) is 0 Å². The molecule has 0 saturated carbocycles. The highest BCUT2D eigenvalue weighted by Gasteiger charge is 2.25. The van der Waals surface area contributed by atoms with Crippen molar-refractivity contribution in [2.24, 2.45) is 0 Å². The summed E-state index contributed by atoms with van der Waals surface area (Å²) in [5.74, 6) is 0. The van der Waals surface area contributed by atoms with E-state index in [-0.39, 0.29) is 0 Å². The number of rotatable bonds is 5. The number of thiophene rings is 1. The van der Waals surface area contributed by atoms with E-state index in [9.17, 15) is 0 Å². The van der Waals surface area contributed by atoms with Crippen molar-refractivity contribution in [3.05, 3.63) is 138 Å². The van der Waals surface area contributed by atoms with Crippen molar-refractivity contribution < 1.29 is 0 Å². The number of benzene rings is 5. The summed E-state index contributed by atoms with van der Waals surface area (Å²) < 4.78 is 0. The summed E-state index contributed by atoms with van der Waals surface area (Å²) in [6, 6.07) is 47.5. The van der Waals surface area contributed by atoms with Crippen LogP contribution in [0.1, 0.15) is 4.88 Å². The average Bonchev–Trinajstić information content (AvgIpc) is 3.27. The molecule has 0 atom stereocenters. The van der Waals surface area contributed by atoms with Gasteiger partial charge in [-0.3, -0.25) is 0 Å². The van der Waals surface area contributed by atoms with Crippen molar-refractivity contribution in [2.75, 3.05) is 4.90 Å². The van der Waals surface area contributed by atoms with Gasteiger partial charge in [0.15, 0.2) is 0 Å². The summed E-state index contributed by atoms with van der Waals surface area (Å²) in [5.41, 5.74) is 7.40. The van der Waals surface area contributed by atoms with E-state index >= 15 is 0 Å². The van der Waals surface area contributed by atoms with Gasteiger partial charge in [0, 0.05) is 27.1 Å². The van der Waals surface area contributed by atoms with Crippen LogP contribution in [0, 0.1) is 6.92 Å². The molecule has 1 aromatic heterocycles. The fourth-order valence-electron chi connectivity index (χ4n) is 4.86. The lowest BCUT2D eigenvalue weighted by atomic mass is 9.95. The van der Waals surface area contributed by atoms with Crippen LogP contribution in [-0.4, -0.2) is 0 Å². The summed E-state index contributed by atoms with van der Waals surface area (Å²) in [6.07, 6.45) is 0. The molecule has 6 aromatic rings. The Morgan fingerprint density at radius 1 is 0.514 bits per heavy atom. The van der Waals surface area contributed by atoms with E-state index < -0.39 is 0 Å². The molecule has 0 spiro atoms. The van der Waals surface area contributed by atoms with Crippen LogP contribution in [0.4, 0.5) is 16.4 Å². The molecule has 0 amide bonds. The van der Waals surface area contributed by atoms with Gasteiger partial charge < -0.3 is 4.90 Å². The van der Waals surface area contributed by atoms with Gasteiger partial charge in [0.05, 0.1) is 5.69 Å². The van der Waals surface area contributed by atoms with Gasteiger partial charge in [-0.2, -0.15) is 0 Å². The van der Waals surface area contributed by atoms with Crippen LogP contribution in [0.5, 0.6) is 0 Å². The third-order valence-corrected chi connectivity index (χ3v) is 7.51. The molecule has 0 radical (unpaired) electrons.